The smallest absolute Gasteiger partial charge is 0.261 e. The van der Waals surface area contributed by atoms with Crippen molar-refractivity contribution in [1.82, 2.24) is 9.46 Å². The number of nitrogens with one attached hydrogen (secondary N) is 1. The van der Waals surface area contributed by atoms with Crippen LogP contribution in [0.2, 0.25) is 0 Å². The number of carbonyl (C=O) groups excluding carboxylic acids is 1. The molecule has 1 aromatic carbocycles. The molecule has 0 aliphatic carbocycles. The van der Waals surface area contributed by atoms with Crippen LogP contribution in [0.1, 0.15) is 60.8 Å². The molecular formula is C20H27N3O5S. The molecule has 8 nitrogen and oxygen atoms in total. The van der Waals surface area contributed by atoms with Crippen LogP contribution in [0, 0.1) is 6.92 Å². The maximum Gasteiger partial charge on any atom is 0.261 e. The van der Waals surface area contributed by atoms with E-state index in [2.05, 4.69) is 10.5 Å². The van der Waals surface area contributed by atoms with Crippen LogP contribution in [0.3, 0.4) is 0 Å². The lowest BCUT2D eigenvalue weighted by Gasteiger charge is -2.26. The first-order valence-electron chi connectivity index (χ1n) is 9.71. The van der Waals surface area contributed by atoms with E-state index in [-0.39, 0.29) is 16.5 Å². The van der Waals surface area contributed by atoms with E-state index in [0.717, 1.165) is 19.3 Å². The van der Waals surface area contributed by atoms with Crippen LogP contribution in [0.4, 0.5) is 5.69 Å². The minimum atomic E-state index is -3.63. The van der Waals surface area contributed by atoms with Gasteiger partial charge < -0.3 is 14.6 Å². The average molecular weight is 422 g/mol. The van der Waals surface area contributed by atoms with E-state index in [0.29, 0.717) is 35.9 Å². The largest absolute Gasteiger partial charge is 0.495 e. The number of hydrogen-bond donors (Lipinski definition) is 1. The average Bonchev–Trinajstić information content (AvgIpc) is 3.10. The highest BCUT2D eigenvalue weighted by molar-refractivity contribution is 7.89. The summed E-state index contributed by atoms with van der Waals surface area (Å²) in [5, 5.41) is 6.66. The highest BCUT2D eigenvalue weighted by Gasteiger charge is 2.28. The zero-order valence-corrected chi connectivity index (χ0v) is 18.0. The van der Waals surface area contributed by atoms with E-state index in [1.54, 1.807) is 13.0 Å². The molecule has 2 heterocycles. The normalized spacial score (nSPS) is 15.5. The van der Waals surface area contributed by atoms with Gasteiger partial charge in [0.05, 0.1) is 23.4 Å². The van der Waals surface area contributed by atoms with Crippen molar-refractivity contribution >= 4 is 21.6 Å². The highest BCUT2D eigenvalue weighted by atomic mass is 32.2. The van der Waals surface area contributed by atoms with Crippen molar-refractivity contribution in [2.24, 2.45) is 0 Å². The lowest BCUT2D eigenvalue weighted by molar-refractivity contribution is 0.102. The third-order valence-corrected chi connectivity index (χ3v) is 6.91. The summed E-state index contributed by atoms with van der Waals surface area (Å²) >= 11 is 0. The van der Waals surface area contributed by atoms with Gasteiger partial charge in [0, 0.05) is 19.0 Å². The Balaban J connectivity index is 1.94. The lowest BCUT2D eigenvalue weighted by atomic mass is 10.0. The second-order valence-corrected chi connectivity index (χ2v) is 9.38. The fourth-order valence-corrected chi connectivity index (χ4v) is 4.99. The van der Waals surface area contributed by atoms with Gasteiger partial charge in [0.25, 0.3) is 5.91 Å². The number of sulfonamides is 1. The van der Waals surface area contributed by atoms with Gasteiger partial charge in [-0.1, -0.05) is 25.4 Å². The summed E-state index contributed by atoms with van der Waals surface area (Å²) in [5.41, 5.74) is 1.11. The van der Waals surface area contributed by atoms with Gasteiger partial charge in [0.15, 0.2) is 5.76 Å². The number of hydrogen-bond acceptors (Lipinski definition) is 6. The van der Waals surface area contributed by atoms with Crippen LogP contribution in [0.25, 0.3) is 0 Å². The molecule has 0 atom stereocenters. The number of rotatable bonds is 6. The number of aromatic nitrogens is 1. The number of anilines is 1. The number of amides is 1. The Morgan fingerprint density at radius 2 is 1.93 bits per heavy atom. The van der Waals surface area contributed by atoms with Crippen molar-refractivity contribution in [3.8, 4) is 5.75 Å². The first-order chi connectivity index (χ1) is 13.8. The fraction of sp³-hybridized carbons (Fsp3) is 0.500. The highest BCUT2D eigenvalue weighted by Crippen LogP contribution is 2.31. The van der Waals surface area contributed by atoms with Crippen molar-refractivity contribution in [3.05, 3.63) is 35.2 Å². The molecule has 0 unspecified atom stereocenters. The predicted molar refractivity (Wildman–Crippen MR) is 109 cm³/mol. The quantitative estimate of drug-likeness (QED) is 0.765. The van der Waals surface area contributed by atoms with Gasteiger partial charge in [0.2, 0.25) is 10.0 Å². The van der Waals surface area contributed by atoms with Gasteiger partial charge in [0.1, 0.15) is 11.3 Å². The summed E-state index contributed by atoms with van der Waals surface area (Å²) < 4.78 is 38.1. The molecule has 1 aliphatic rings. The molecule has 1 fully saturated rings. The first-order valence-corrected chi connectivity index (χ1v) is 11.2. The third kappa shape index (κ3) is 4.30. The zero-order chi connectivity index (χ0) is 21.2. The van der Waals surface area contributed by atoms with Crippen molar-refractivity contribution in [1.29, 1.82) is 0 Å². The third-order valence-electron chi connectivity index (χ3n) is 5.01. The van der Waals surface area contributed by atoms with E-state index in [4.69, 9.17) is 9.26 Å². The maximum atomic E-state index is 13.0. The summed E-state index contributed by atoms with van der Waals surface area (Å²) in [6, 6.07) is 4.50. The Kier molecular flexibility index (Phi) is 6.28. The van der Waals surface area contributed by atoms with E-state index >= 15 is 0 Å². The SMILES string of the molecule is COc1ccc(S(=O)(=O)N2CCCCC2)cc1NC(=O)c1c(C)noc1C(C)C. The van der Waals surface area contributed by atoms with Gasteiger partial charge in [-0.2, -0.15) is 4.31 Å². The molecule has 0 saturated carbocycles. The van der Waals surface area contributed by atoms with Gasteiger partial charge in [-0.3, -0.25) is 4.79 Å². The second kappa shape index (κ2) is 8.54. The lowest BCUT2D eigenvalue weighted by Crippen LogP contribution is -2.35. The summed E-state index contributed by atoms with van der Waals surface area (Å²) in [6.45, 7) is 6.52. The molecule has 0 spiro atoms. The molecule has 29 heavy (non-hydrogen) atoms. The number of carbonyl (C=O) groups is 1. The second-order valence-electron chi connectivity index (χ2n) is 7.44. The van der Waals surface area contributed by atoms with E-state index in [9.17, 15) is 13.2 Å². The monoisotopic (exact) mass is 421 g/mol. The minimum Gasteiger partial charge on any atom is -0.495 e. The Hall–Kier alpha value is -2.39. The van der Waals surface area contributed by atoms with Crippen molar-refractivity contribution in [2.45, 2.75) is 50.8 Å². The van der Waals surface area contributed by atoms with Crippen LogP contribution in [-0.2, 0) is 10.0 Å². The van der Waals surface area contributed by atoms with Gasteiger partial charge in [-0.25, -0.2) is 8.42 Å². The number of piperidine rings is 1. The van der Waals surface area contributed by atoms with Crippen LogP contribution >= 0.6 is 0 Å². The molecule has 0 bridgehead atoms. The van der Waals surface area contributed by atoms with Gasteiger partial charge >= 0.3 is 0 Å². The van der Waals surface area contributed by atoms with Crippen LogP contribution in [0.5, 0.6) is 5.75 Å². The molecule has 1 N–H and O–H groups in total. The molecule has 1 aliphatic heterocycles. The zero-order valence-electron chi connectivity index (χ0n) is 17.2. The Bertz CT molecular complexity index is 992. The Morgan fingerprint density at radius 1 is 1.24 bits per heavy atom. The molecular weight excluding hydrogens is 394 g/mol. The van der Waals surface area contributed by atoms with Crippen molar-refractivity contribution < 1.29 is 22.5 Å². The molecule has 0 radical (unpaired) electrons. The van der Waals surface area contributed by atoms with E-state index < -0.39 is 15.9 Å². The number of methoxy groups -OCH3 is 1. The van der Waals surface area contributed by atoms with E-state index in [1.807, 2.05) is 13.8 Å². The number of benzene rings is 1. The Labute approximate surface area is 171 Å². The van der Waals surface area contributed by atoms with Crippen molar-refractivity contribution in [3.63, 3.8) is 0 Å². The predicted octanol–water partition coefficient (Wildman–Crippen LogP) is 3.54. The number of nitrogens with zero attached hydrogens (tertiary/aromatic N) is 2. The molecule has 158 valence electrons. The topological polar surface area (TPSA) is 102 Å². The first kappa shape index (κ1) is 21.3. The molecule has 1 aromatic heterocycles. The molecule has 3 rings (SSSR count). The summed E-state index contributed by atoms with van der Waals surface area (Å²) in [4.78, 5) is 13.1. The van der Waals surface area contributed by atoms with Crippen LogP contribution in [0.15, 0.2) is 27.6 Å². The minimum absolute atomic E-state index is 0.0235. The standard InChI is InChI=1S/C20H27N3O5S/c1-13(2)19-18(14(3)22-28-19)20(24)21-16-12-15(8-9-17(16)27-4)29(25,26)23-10-6-5-7-11-23/h8-9,12-13H,5-7,10-11H2,1-4H3,(H,21,24). The Morgan fingerprint density at radius 3 is 2.55 bits per heavy atom. The van der Waals surface area contributed by atoms with Crippen molar-refractivity contribution in [2.75, 3.05) is 25.5 Å². The van der Waals surface area contributed by atoms with Crippen LogP contribution < -0.4 is 10.1 Å². The van der Waals surface area contributed by atoms with Crippen LogP contribution in [-0.4, -0.2) is 44.0 Å². The fourth-order valence-electron chi connectivity index (χ4n) is 3.44. The number of aryl methyl sites for hydroxylation is 1. The number of ether oxygens (including phenoxy) is 1. The summed E-state index contributed by atoms with van der Waals surface area (Å²) in [7, 11) is -2.17. The van der Waals surface area contributed by atoms with Gasteiger partial charge in [-0.05, 0) is 38.0 Å². The molecule has 9 heteroatoms. The summed E-state index contributed by atoms with van der Waals surface area (Å²) in [5.74, 6) is 0.412. The maximum absolute atomic E-state index is 13.0. The van der Waals surface area contributed by atoms with Gasteiger partial charge in [-0.15, -0.1) is 0 Å². The molecule has 2 aromatic rings. The van der Waals surface area contributed by atoms with E-state index in [1.165, 1.54) is 23.5 Å². The molecule has 1 amide bonds. The molecule has 1 saturated heterocycles. The summed E-state index contributed by atoms with van der Waals surface area (Å²) in [6.07, 6.45) is 2.74.